The van der Waals surface area contributed by atoms with E-state index in [1.54, 1.807) is 0 Å². The summed E-state index contributed by atoms with van der Waals surface area (Å²) in [7, 11) is 0. The number of aromatic nitrogens is 3. The number of pyridine rings is 1. The van der Waals surface area contributed by atoms with Crippen LogP contribution in [-0.4, -0.2) is 15.0 Å². The van der Waals surface area contributed by atoms with Crippen molar-refractivity contribution >= 4 is 43.9 Å². The molecule has 262 valence electrons. The smallest absolute Gasteiger partial charge is 0.161 e. The molecule has 0 spiro atoms. The molecule has 0 aliphatic heterocycles. The quantitative estimate of drug-likeness (QED) is 0.171. The molecular formula is C51H31N3O2. The maximum absolute atomic E-state index is 6.69. The van der Waals surface area contributed by atoms with E-state index >= 15 is 0 Å². The number of hydrogen-bond acceptors (Lipinski definition) is 5. The molecule has 56 heavy (non-hydrogen) atoms. The maximum Gasteiger partial charge on any atom is 0.161 e. The standard InChI is InChI=1S/C51H31N3O2/c1-2-12-33(13-3-1)44-31-45(54-51(53-44)40-16-5-4-14-38(40)43-18-10-11-29-52-43)34-23-21-32(22-24-34)37-27-26-36(49-41-17-7-9-20-47(41)56-50(37)49)35-25-28-48-42(30-35)39-15-6-8-19-46(39)55-48/h1-31H. The Morgan fingerprint density at radius 3 is 1.73 bits per heavy atom. The first kappa shape index (κ1) is 31.9. The van der Waals surface area contributed by atoms with E-state index in [9.17, 15) is 0 Å². The first-order valence-electron chi connectivity index (χ1n) is 18.7. The zero-order valence-corrected chi connectivity index (χ0v) is 30.1. The van der Waals surface area contributed by atoms with Gasteiger partial charge in [-0.25, -0.2) is 9.97 Å². The summed E-state index contributed by atoms with van der Waals surface area (Å²) in [6, 6.07) is 62.4. The van der Waals surface area contributed by atoms with Crippen molar-refractivity contribution < 1.29 is 8.83 Å². The SMILES string of the molecule is c1ccc(-c2cc(-c3ccc(-c4ccc(-c5ccc6oc7ccccc7c6c5)c5c4oc4ccccc45)cc3)nc(-c3ccccc3-c3ccccn3)n2)cc1. The Morgan fingerprint density at radius 1 is 0.339 bits per heavy atom. The molecule has 0 amide bonds. The van der Waals surface area contributed by atoms with Crippen LogP contribution in [0.2, 0.25) is 0 Å². The summed E-state index contributed by atoms with van der Waals surface area (Å²) in [6.07, 6.45) is 1.81. The summed E-state index contributed by atoms with van der Waals surface area (Å²) >= 11 is 0. The van der Waals surface area contributed by atoms with Crippen molar-refractivity contribution in [1.29, 1.82) is 0 Å². The first-order valence-corrected chi connectivity index (χ1v) is 18.7. The highest BCUT2D eigenvalue weighted by Crippen LogP contribution is 2.43. The predicted octanol–water partition coefficient (Wildman–Crippen LogP) is 13.7. The fraction of sp³-hybridized carbons (Fsp3) is 0. The summed E-state index contributed by atoms with van der Waals surface area (Å²) in [4.78, 5) is 14.9. The van der Waals surface area contributed by atoms with E-state index in [2.05, 4.69) is 114 Å². The molecule has 11 rings (SSSR count). The van der Waals surface area contributed by atoms with Gasteiger partial charge in [-0.2, -0.15) is 0 Å². The highest BCUT2D eigenvalue weighted by Gasteiger charge is 2.19. The second kappa shape index (κ2) is 13.0. The topological polar surface area (TPSA) is 65.0 Å². The maximum atomic E-state index is 6.69. The van der Waals surface area contributed by atoms with Crippen LogP contribution < -0.4 is 0 Å². The molecule has 0 bridgehead atoms. The number of rotatable bonds is 6. The average molecular weight is 718 g/mol. The van der Waals surface area contributed by atoms with Gasteiger partial charge in [0, 0.05) is 55.6 Å². The van der Waals surface area contributed by atoms with E-state index in [0.29, 0.717) is 5.82 Å². The van der Waals surface area contributed by atoms with Crippen LogP contribution in [0.25, 0.3) is 111 Å². The van der Waals surface area contributed by atoms with Crippen LogP contribution in [0.4, 0.5) is 0 Å². The Bertz CT molecular complexity index is 3240. The monoisotopic (exact) mass is 717 g/mol. The lowest BCUT2D eigenvalue weighted by Gasteiger charge is -2.13. The molecule has 0 saturated carbocycles. The minimum atomic E-state index is 0.646. The van der Waals surface area contributed by atoms with Crippen molar-refractivity contribution in [3.63, 3.8) is 0 Å². The van der Waals surface area contributed by atoms with Gasteiger partial charge in [0.05, 0.1) is 17.1 Å². The largest absolute Gasteiger partial charge is 0.456 e. The third kappa shape index (κ3) is 5.37. The Labute approximate surface area is 322 Å². The molecule has 0 aliphatic rings. The van der Waals surface area contributed by atoms with Crippen molar-refractivity contribution in [2.75, 3.05) is 0 Å². The van der Waals surface area contributed by atoms with Crippen molar-refractivity contribution in [2.45, 2.75) is 0 Å². The molecule has 0 fully saturated rings. The Hall–Kier alpha value is -7.63. The molecule has 0 unspecified atom stereocenters. The molecule has 0 atom stereocenters. The van der Waals surface area contributed by atoms with Gasteiger partial charge in [0.15, 0.2) is 5.82 Å². The zero-order valence-electron chi connectivity index (χ0n) is 30.1. The third-order valence-electron chi connectivity index (χ3n) is 10.6. The summed E-state index contributed by atoms with van der Waals surface area (Å²) in [5.74, 6) is 0.646. The lowest BCUT2D eigenvalue weighted by molar-refractivity contribution is 0.669. The number of fused-ring (bicyclic) bond motifs is 6. The molecule has 0 aliphatic carbocycles. The van der Waals surface area contributed by atoms with E-state index in [4.69, 9.17) is 18.8 Å². The summed E-state index contributed by atoms with van der Waals surface area (Å²) < 4.78 is 12.8. The first-order chi connectivity index (χ1) is 27.7. The predicted molar refractivity (Wildman–Crippen MR) is 227 cm³/mol. The van der Waals surface area contributed by atoms with Crippen LogP contribution in [0.1, 0.15) is 0 Å². The summed E-state index contributed by atoms with van der Waals surface area (Å²) in [6.45, 7) is 0. The third-order valence-corrected chi connectivity index (χ3v) is 10.6. The molecular weight excluding hydrogens is 687 g/mol. The van der Waals surface area contributed by atoms with Crippen molar-refractivity contribution in [3.05, 3.63) is 188 Å². The van der Waals surface area contributed by atoms with Crippen molar-refractivity contribution in [3.8, 4) is 67.4 Å². The van der Waals surface area contributed by atoms with Crippen molar-refractivity contribution in [2.24, 2.45) is 0 Å². The molecule has 5 heteroatoms. The number of nitrogens with zero attached hydrogens (tertiary/aromatic N) is 3. The molecule has 0 saturated heterocycles. The van der Waals surface area contributed by atoms with Crippen LogP contribution in [0.15, 0.2) is 197 Å². The molecule has 4 heterocycles. The minimum Gasteiger partial charge on any atom is -0.456 e. The average Bonchev–Trinajstić information content (AvgIpc) is 3.85. The van der Waals surface area contributed by atoms with Crippen LogP contribution in [-0.2, 0) is 0 Å². The fourth-order valence-corrected chi connectivity index (χ4v) is 7.91. The molecule has 5 nitrogen and oxygen atoms in total. The van der Waals surface area contributed by atoms with E-state index in [1.165, 1.54) is 0 Å². The minimum absolute atomic E-state index is 0.646. The van der Waals surface area contributed by atoms with Crippen LogP contribution in [0.3, 0.4) is 0 Å². The van der Waals surface area contributed by atoms with Gasteiger partial charge in [-0.15, -0.1) is 0 Å². The van der Waals surface area contributed by atoms with E-state index in [1.807, 2.05) is 79.0 Å². The Morgan fingerprint density at radius 2 is 0.946 bits per heavy atom. The zero-order chi connectivity index (χ0) is 37.0. The van der Waals surface area contributed by atoms with Crippen LogP contribution in [0, 0.1) is 0 Å². The van der Waals surface area contributed by atoms with Gasteiger partial charge in [-0.05, 0) is 65.2 Å². The Kier molecular flexibility index (Phi) is 7.42. The van der Waals surface area contributed by atoms with Gasteiger partial charge >= 0.3 is 0 Å². The molecule has 0 radical (unpaired) electrons. The van der Waals surface area contributed by atoms with Crippen LogP contribution >= 0.6 is 0 Å². The molecule has 0 N–H and O–H groups in total. The summed E-state index contributed by atoms with van der Waals surface area (Å²) in [5.41, 5.74) is 14.3. The lowest BCUT2D eigenvalue weighted by atomic mass is 9.93. The number of hydrogen-bond donors (Lipinski definition) is 0. The fourth-order valence-electron chi connectivity index (χ4n) is 7.91. The van der Waals surface area contributed by atoms with Gasteiger partial charge < -0.3 is 8.83 Å². The van der Waals surface area contributed by atoms with Gasteiger partial charge in [0.25, 0.3) is 0 Å². The number of furan rings is 2. The van der Waals surface area contributed by atoms with Gasteiger partial charge in [-0.1, -0.05) is 133 Å². The van der Waals surface area contributed by atoms with Crippen molar-refractivity contribution in [1.82, 2.24) is 15.0 Å². The lowest BCUT2D eigenvalue weighted by Crippen LogP contribution is -1.98. The molecule has 11 aromatic rings. The number of benzene rings is 7. The summed E-state index contributed by atoms with van der Waals surface area (Å²) in [5, 5.41) is 4.38. The van der Waals surface area contributed by atoms with Crippen LogP contribution in [0.5, 0.6) is 0 Å². The van der Waals surface area contributed by atoms with E-state index < -0.39 is 0 Å². The molecule has 4 aromatic heterocycles. The second-order valence-corrected chi connectivity index (χ2v) is 13.9. The highest BCUT2D eigenvalue weighted by atomic mass is 16.3. The van der Waals surface area contributed by atoms with E-state index in [-0.39, 0.29) is 0 Å². The highest BCUT2D eigenvalue weighted by molar-refractivity contribution is 6.17. The Balaban J connectivity index is 1.03. The van der Waals surface area contributed by atoms with Gasteiger partial charge in [0.1, 0.15) is 22.3 Å². The van der Waals surface area contributed by atoms with Gasteiger partial charge in [0.2, 0.25) is 0 Å². The van der Waals surface area contributed by atoms with Gasteiger partial charge in [-0.3, -0.25) is 4.98 Å². The van der Waals surface area contributed by atoms with E-state index in [0.717, 1.165) is 105 Å². The molecule has 7 aromatic carbocycles. The normalized spacial score (nSPS) is 11.6. The number of para-hydroxylation sites is 2. The second-order valence-electron chi connectivity index (χ2n) is 13.9.